The summed E-state index contributed by atoms with van der Waals surface area (Å²) in [4.78, 5) is 11.5. The maximum atomic E-state index is 11.5. The normalized spacial score (nSPS) is 30.2. The molecule has 0 aromatic carbocycles. The van der Waals surface area contributed by atoms with Crippen LogP contribution in [-0.2, 0) is 4.79 Å². The Balaban J connectivity index is 2.35. The van der Waals surface area contributed by atoms with Crippen LogP contribution in [0.1, 0.15) is 32.6 Å². The lowest BCUT2D eigenvalue weighted by Crippen LogP contribution is -2.29. The third-order valence-corrected chi connectivity index (χ3v) is 2.74. The van der Waals surface area contributed by atoms with Crippen molar-refractivity contribution in [1.82, 2.24) is 5.32 Å². The summed E-state index contributed by atoms with van der Waals surface area (Å²) in [6, 6.07) is 0. The lowest BCUT2D eigenvalue weighted by atomic mass is 9.80. The summed E-state index contributed by atoms with van der Waals surface area (Å²) in [6.07, 6.45) is 4.77. The fourth-order valence-corrected chi connectivity index (χ4v) is 2.05. The molecule has 0 aliphatic heterocycles. The Labute approximate surface area is 74.7 Å². The average Bonchev–Trinajstić information content (AvgIpc) is 2.05. The Morgan fingerprint density at radius 1 is 1.50 bits per heavy atom. The van der Waals surface area contributed by atoms with Crippen molar-refractivity contribution in [3.63, 3.8) is 0 Å². The minimum absolute atomic E-state index is 0.348. The standard InChI is InChI=1S/C10H19NO/c1-8-4-3-5-9(6-8)10(12)7-11-2/h8-9,11H,3-7H2,1-2H3. The van der Waals surface area contributed by atoms with Gasteiger partial charge in [0.15, 0.2) is 0 Å². The Bertz CT molecular complexity index is 156. The molecule has 1 aliphatic carbocycles. The van der Waals surface area contributed by atoms with Gasteiger partial charge in [0.05, 0.1) is 6.54 Å². The third kappa shape index (κ3) is 2.59. The van der Waals surface area contributed by atoms with Crippen LogP contribution in [-0.4, -0.2) is 19.4 Å². The van der Waals surface area contributed by atoms with Gasteiger partial charge in [-0.05, 0) is 25.8 Å². The number of carbonyl (C=O) groups is 1. The number of hydrogen-bond acceptors (Lipinski definition) is 2. The minimum atomic E-state index is 0.348. The fraction of sp³-hybridized carbons (Fsp3) is 0.900. The van der Waals surface area contributed by atoms with Crippen LogP contribution >= 0.6 is 0 Å². The van der Waals surface area contributed by atoms with Crippen molar-refractivity contribution in [2.75, 3.05) is 13.6 Å². The highest BCUT2D eigenvalue weighted by Gasteiger charge is 2.23. The SMILES string of the molecule is CNCC(=O)C1CCCC(C)C1. The van der Waals surface area contributed by atoms with Crippen molar-refractivity contribution >= 4 is 5.78 Å². The number of rotatable bonds is 3. The molecule has 1 saturated carbocycles. The van der Waals surface area contributed by atoms with Crippen LogP contribution in [0, 0.1) is 11.8 Å². The summed E-state index contributed by atoms with van der Waals surface area (Å²) in [6.45, 7) is 2.80. The number of ketones is 1. The van der Waals surface area contributed by atoms with Gasteiger partial charge in [-0.25, -0.2) is 0 Å². The number of hydrogen-bond donors (Lipinski definition) is 1. The number of nitrogens with one attached hydrogen (secondary N) is 1. The van der Waals surface area contributed by atoms with E-state index in [1.807, 2.05) is 7.05 Å². The molecule has 0 aromatic heterocycles. The van der Waals surface area contributed by atoms with E-state index in [4.69, 9.17) is 0 Å². The molecule has 1 fully saturated rings. The highest BCUT2D eigenvalue weighted by atomic mass is 16.1. The second-order valence-corrected chi connectivity index (χ2v) is 3.97. The molecular weight excluding hydrogens is 150 g/mol. The Morgan fingerprint density at radius 2 is 2.25 bits per heavy atom. The van der Waals surface area contributed by atoms with E-state index in [9.17, 15) is 4.79 Å². The summed E-state index contributed by atoms with van der Waals surface area (Å²) >= 11 is 0. The molecule has 2 unspecified atom stereocenters. The molecule has 2 atom stereocenters. The van der Waals surface area contributed by atoms with Crippen LogP contribution in [0.15, 0.2) is 0 Å². The predicted octanol–water partition coefficient (Wildman–Crippen LogP) is 1.60. The van der Waals surface area contributed by atoms with Gasteiger partial charge in [-0.3, -0.25) is 4.79 Å². The Morgan fingerprint density at radius 3 is 2.83 bits per heavy atom. The van der Waals surface area contributed by atoms with Crippen molar-refractivity contribution < 1.29 is 4.79 Å². The first kappa shape index (κ1) is 9.72. The van der Waals surface area contributed by atoms with E-state index in [0.717, 1.165) is 18.8 Å². The van der Waals surface area contributed by atoms with E-state index in [1.54, 1.807) is 0 Å². The summed E-state index contributed by atoms with van der Waals surface area (Å²) < 4.78 is 0. The number of carbonyl (C=O) groups excluding carboxylic acids is 1. The van der Waals surface area contributed by atoms with Gasteiger partial charge < -0.3 is 5.32 Å². The van der Waals surface area contributed by atoms with Crippen LogP contribution in [0.4, 0.5) is 0 Å². The van der Waals surface area contributed by atoms with E-state index in [1.165, 1.54) is 12.8 Å². The van der Waals surface area contributed by atoms with Crippen LogP contribution in [0.3, 0.4) is 0 Å². The highest BCUT2D eigenvalue weighted by Crippen LogP contribution is 2.28. The monoisotopic (exact) mass is 169 g/mol. The maximum absolute atomic E-state index is 11.5. The first-order valence-electron chi connectivity index (χ1n) is 4.91. The van der Waals surface area contributed by atoms with E-state index in [2.05, 4.69) is 12.2 Å². The fourth-order valence-electron chi connectivity index (χ4n) is 2.05. The van der Waals surface area contributed by atoms with Crippen LogP contribution in [0.25, 0.3) is 0 Å². The van der Waals surface area contributed by atoms with Crippen LogP contribution < -0.4 is 5.32 Å². The molecule has 1 N–H and O–H groups in total. The highest BCUT2D eigenvalue weighted by molar-refractivity contribution is 5.82. The predicted molar refractivity (Wildman–Crippen MR) is 50.1 cm³/mol. The summed E-state index contributed by atoms with van der Waals surface area (Å²) in [5, 5.41) is 2.93. The molecule has 1 aliphatic rings. The van der Waals surface area contributed by atoms with Gasteiger partial charge in [-0.15, -0.1) is 0 Å². The molecule has 0 spiro atoms. The van der Waals surface area contributed by atoms with Gasteiger partial charge >= 0.3 is 0 Å². The van der Waals surface area contributed by atoms with Crippen molar-refractivity contribution in [3.8, 4) is 0 Å². The molecular formula is C10H19NO. The molecule has 0 heterocycles. The molecule has 0 saturated heterocycles. The van der Waals surface area contributed by atoms with Crippen LogP contribution in [0.5, 0.6) is 0 Å². The molecule has 2 heteroatoms. The molecule has 2 nitrogen and oxygen atoms in total. The number of Topliss-reactive ketones (excluding diaryl/α,β-unsaturated/α-hetero) is 1. The minimum Gasteiger partial charge on any atom is -0.313 e. The maximum Gasteiger partial charge on any atom is 0.149 e. The van der Waals surface area contributed by atoms with Gasteiger partial charge in [0.2, 0.25) is 0 Å². The lowest BCUT2D eigenvalue weighted by Gasteiger charge is -2.25. The van der Waals surface area contributed by atoms with E-state index < -0.39 is 0 Å². The molecule has 12 heavy (non-hydrogen) atoms. The molecule has 0 bridgehead atoms. The van der Waals surface area contributed by atoms with Crippen molar-refractivity contribution in [2.24, 2.45) is 11.8 Å². The smallest absolute Gasteiger partial charge is 0.149 e. The van der Waals surface area contributed by atoms with Gasteiger partial charge in [-0.2, -0.15) is 0 Å². The van der Waals surface area contributed by atoms with E-state index in [-0.39, 0.29) is 0 Å². The molecule has 1 rings (SSSR count). The summed E-state index contributed by atoms with van der Waals surface area (Å²) in [5.74, 6) is 1.51. The molecule has 70 valence electrons. The molecule has 0 amide bonds. The second kappa shape index (κ2) is 4.61. The zero-order chi connectivity index (χ0) is 8.97. The first-order valence-corrected chi connectivity index (χ1v) is 4.91. The largest absolute Gasteiger partial charge is 0.313 e. The second-order valence-electron chi connectivity index (χ2n) is 3.97. The zero-order valence-corrected chi connectivity index (χ0v) is 8.10. The van der Waals surface area contributed by atoms with Gasteiger partial charge in [0.25, 0.3) is 0 Å². The van der Waals surface area contributed by atoms with Crippen molar-refractivity contribution in [3.05, 3.63) is 0 Å². The summed E-state index contributed by atoms with van der Waals surface area (Å²) in [5.41, 5.74) is 0. The number of likely N-dealkylation sites (N-methyl/N-ethyl adjacent to an activating group) is 1. The van der Waals surface area contributed by atoms with E-state index in [0.29, 0.717) is 18.2 Å². The van der Waals surface area contributed by atoms with Crippen molar-refractivity contribution in [1.29, 1.82) is 0 Å². The van der Waals surface area contributed by atoms with E-state index >= 15 is 0 Å². The summed E-state index contributed by atoms with van der Waals surface area (Å²) in [7, 11) is 1.84. The van der Waals surface area contributed by atoms with Crippen LogP contribution in [0.2, 0.25) is 0 Å². The lowest BCUT2D eigenvalue weighted by molar-refractivity contribution is -0.123. The third-order valence-electron chi connectivity index (χ3n) is 2.74. The Hall–Kier alpha value is -0.370. The van der Waals surface area contributed by atoms with Gasteiger partial charge in [0, 0.05) is 5.92 Å². The average molecular weight is 169 g/mol. The molecule has 0 radical (unpaired) electrons. The quantitative estimate of drug-likeness (QED) is 0.695. The van der Waals surface area contributed by atoms with Gasteiger partial charge in [-0.1, -0.05) is 19.8 Å². The Kier molecular flexibility index (Phi) is 3.73. The van der Waals surface area contributed by atoms with Gasteiger partial charge in [0.1, 0.15) is 5.78 Å². The zero-order valence-electron chi connectivity index (χ0n) is 8.10. The first-order chi connectivity index (χ1) is 5.74. The molecule has 0 aromatic rings. The topological polar surface area (TPSA) is 29.1 Å². The van der Waals surface area contributed by atoms with Crippen molar-refractivity contribution in [2.45, 2.75) is 32.6 Å².